The van der Waals surface area contributed by atoms with Crippen molar-refractivity contribution in [2.24, 2.45) is 5.92 Å². The lowest BCUT2D eigenvalue weighted by molar-refractivity contribution is 0.240. The Balaban J connectivity index is 1.88. The molecule has 0 heterocycles. The van der Waals surface area contributed by atoms with Gasteiger partial charge in [-0.1, -0.05) is 22.9 Å². The van der Waals surface area contributed by atoms with E-state index in [9.17, 15) is 4.39 Å². The Bertz CT molecular complexity index is 327. The van der Waals surface area contributed by atoms with E-state index < -0.39 is 0 Å². The van der Waals surface area contributed by atoms with Crippen LogP contribution in [0.15, 0.2) is 22.7 Å². The van der Waals surface area contributed by atoms with Gasteiger partial charge in [0.1, 0.15) is 5.82 Å². The summed E-state index contributed by atoms with van der Waals surface area (Å²) in [5.74, 6) is 0.671. The molecule has 15 heavy (non-hydrogen) atoms. The lowest BCUT2D eigenvalue weighted by Crippen LogP contribution is -2.39. The molecule has 0 saturated heterocycles. The maximum Gasteiger partial charge on any atom is 0.124 e. The van der Waals surface area contributed by atoms with Crippen LogP contribution in [0.1, 0.15) is 25.3 Å². The van der Waals surface area contributed by atoms with Gasteiger partial charge in [0.05, 0.1) is 0 Å². The van der Waals surface area contributed by atoms with Crippen LogP contribution in [-0.4, -0.2) is 6.04 Å². The summed E-state index contributed by atoms with van der Waals surface area (Å²) >= 11 is 3.29. The zero-order valence-corrected chi connectivity index (χ0v) is 10.3. The molecule has 0 atom stereocenters. The maximum atomic E-state index is 13.1. The van der Waals surface area contributed by atoms with Crippen molar-refractivity contribution >= 4 is 15.9 Å². The van der Waals surface area contributed by atoms with E-state index in [2.05, 4.69) is 28.2 Å². The molecule has 1 aliphatic rings. The second kappa shape index (κ2) is 4.62. The lowest BCUT2D eigenvalue weighted by Gasteiger charge is -2.33. The van der Waals surface area contributed by atoms with Crippen LogP contribution in [0.3, 0.4) is 0 Å². The number of hydrogen-bond donors (Lipinski definition) is 1. The first-order valence-electron chi connectivity index (χ1n) is 5.32. The van der Waals surface area contributed by atoms with Crippen LogP contribution in [0.2, 0.25) is 0 Å². The molecule has 1 saturated carbocycles. The van der Waals surface area contributed by atoms with Crippen LogP contribution in [-0.2, 0) is 6.54 Å². The molecule has 0 bridgehead atoms. The first-order valence-corrected chi connectivity index (χ1v) is 6.11. The summed E-state index contributed by atoms with van der Waals surface area (Å²) in [6.07, 6.45) is 2.49. The predicted octanol–water partition coefficient (Wildman–Crippen LogP) is 3.48. The third-order valence-electron chi connectivity index (χ3n) is 2.89. The highest BCUT2D eigenvalue weighted by Gasteiger charge is 2.24. The van der Waals surface area contributed by atoms with Gasteiger partial charge < -0.3 is 5.32 Å². The van der Waals surface area contributed by atoms with Crippen molar-refractivity contribution in [1.82, 2.24) is 5.32 Å². The van der Waals surface area contributed by atoms with Crippen molar-refractivity contribution < 1.29 is 4.39 Å². The smallest absolute Gasteiger partial charge is 0.124 e. The highest BCUT2D eigenvalue weighted by molar-refractivity contribution is 9.10. The van der Waals surface area contributed by atoms with Crippen LogP contribution in [0.5, 0.6) is 0 Å². The minimum atomic E-state index is -0.178. The third kappa shape index (κ3) is 3.02. The molecule has 82 valence electrons. The van der Waals surface area contributed by atoms with E-state index in [1.165, 1.54) is 18.9 Å². The van der Waals surface area contributed by atoms with Gasteiger partial charge in [-0.15, -0.1) is 0 Å². The molecule has 1 aliphatic carbocycles. The van der Waals surface area contributed by atoms with Crippen molar-refractivity contribution in [2.75, 3.05) is 0 Å². The van der Waals surface area contributed by atoms with Crippen molar-refractivity contribution in [2.45, 2.75) is 32.4 Å². The number of hydrogen-bond acceptors (Lipinski definition) is 1. The molecule has 0 unspecified atom stereocenters. The molecule has 1 aromatic carbocycles. The second-order valence-electron chi connectivity index (χ2n) is 4.43. The van der Waals surface area contributed by atoms with E-state index in [0.717, 1.165) is 22.5 Å². The van der Waals surface area contributed by atoms with E-state index >= 15 is 0 Å². The monoisotopic (exact) mass is 271 g/mol. The van der Waals surface area contributed by atoms with Gasteiger partial charge in [0.15, 0.2) is 0 Å². The zero-order chi connectivity index (χ0) is 10.8. The fourth-order valence-electron chi connectivity index (χ4n) is 2.04. The number of rotatable bonds is 3. The predicted molar refractivity (Wildman–Crippen MR) is 63.1 cm³/mol. The zero-order valence-electron chi connectivity index (χ0n) is 8.76. The number of benzene rings is 1. The summed E-state index contributed by atoms with van der Waals surface area (Å²) in [7, 11) is 0. The van der Waals surface area contributed by atoms with E-state index in [1.807, 2.05) is 6.07 Å². The SMILES string of the molecule is CC1CC(NCc2cc(F)cc(Br)c2)C1. The largest absolute Gasteiger partial charge is 0.310 e. The van der Waals surface area contributed by atoms with E-state index in [-0.39, 0.29) is 5.82 Å². The fourth-order valence-corrected chi connectivity index (χ4v) is 2.56. The second-order valence-corrected chi connectivity index (χ2v) is 5.35. The molecule has 3 heteroatoms. The Morgan fingerprint density at radius 1 is 1.40 bits per heavy atom. The third-order valence-corrected chi connectivity index (χ3v) is 3.35. The van der Waals surface area contributed by atoms with Crippen molar-refractivity contribution in [1.29, 1.82) is 0 Å². The van der Waals surface area contributed by atoms with Crippen molar-refractivity contribution in [3.8, 4) is 0 Å². The van der Waals surface area contributed by atoms with Gasteiger partial charge in [0, 0.05) is 17.1 Å². The summed E-state index contributed by atoms with van der Waals surface area (Å²) in [6, 6.07) is 5.65. The van der Waals surface area contributed by atoms with Gasteiger partial charge in [0.2, 0.25) is 0 Å². The summed E-state index contributed by atoms with van der Waals surface area (Å²) in [6.45, 7) is 3.02. The molecule has 0 aromatic heterocycles. The number of halogens is 2. The highest BCUT2D eigenvalue weighted by atomic mass is 79.9. The lowest BCUT2D eigenvalue weighted by atomic mass is 9.82. The Morgan fingerprint density at radius 2 is 2.13 bits per heavy atom. The van der Waals surface area contributed by atoms with Crippen LogP contribution < -0.4 is 5.32 Å². The molecule has 0 radical (unpaired) electrons. The fraction of sp³-hybridized carbons (Fsp3) is 0.500. The molecule has 1 aromatic rings. The van der Waals surface area contributed by atoms with E-state index in [0.29, 0.717) is 6.04 Å². The molecule has 1 N–H and O–H groups in total. The van der Waals surface area contributed by atoms with Gasteiger partial charge in [-0.2, -0.15) is 0 Å². The van der Waals surface area contributed by atoms with Gasteiger partial charge in [-0.05, 0) is 42.5 Å². The van der Waals surface area contributed by atoms with Crippen LogP contribution in [0.4, 0.5) is 4.39 Å². The highest BCUT2D eigenvalue weighted by Crippen LogP contribution is 2.26. The molecule has 1 fully saturated rings. The molecule has 0 spiro atoms. The average molecular weight is 272 g/mol. The summed E-state index contributed by atoms with van der Waals surface area (Å²) < 4.78 is 13.9. The Labute approximate surface area is 98.2 Å². The van der Waals surface area contributed by atoms with Gasteiger partial charge in [-0.25, -0.2) is 4.39 Å². The summed E-state index contributed by atoms with van der Waals surface area (Å²) in [5.41, 5.74) is 1.00. The molecule has 0 amide bonds. The quantitative estimate of drug-likeness (QED) is 0.888. The van der Waals surface area contributed by atoms with Crippen molar-refractivity contribution in [3.05, 3.63) is 34.1 Å². The van der Waals surface area contributed by atoms with Gasteiger partial charge in [-0.3, -0.25) is 0 Å². The topological polar surface area (TPSA) is 12.0 Å². The normalized spacial score (nSPS) is 25.0. The number of nitrogens with one attached hydrogen (secondary N) is 1. The molecular weight excluding hydrogens is 257 g/mol. The minimum absolute atomic E-state index is 0.178. The van der Waals surface area contributed by atoms with Gasteiger partial charge in [0.25, 0.3) is 0 Å². The molecule has 2 rings (SSSR count). The Kier molecular flexibility index (Phi) is 3.42. The minimum Gasteiger partial charge on any atom is -0.310 e. The summed E-state index contributed by atoms with van der Waals surface area (Å²) in [5, 5.41) is 3.43. The summed E-state index contributed by atoms with van der Waals surface area (Å²) in [4.78, 5) is 0. The standard InChI is InChI=1S/C12H15BrFN/c1-8-2-12(3-8)15-7-9-4-10(13)6-11(14)5-9/h4-6,8,12,15H,2-3,7H2,1H3. The van der Waals surface area contributed by atoms with E-state index in [4.69, 9.17) is 0 Å². The Morgan fingerprint density at radius 3 is 2.73 bits per heavy atom. The Hall–Kier alpha value is -0.410. The first kappa shape index (κ1) is 11.1. The molecular formula is C12H15BrFN. The average Bonchev–Trinajstić information content (AvgIpc) is 2.09. The van der Waals surface area contributed by atoms with Crippen LogP contribution >= 0.6 is 15.9 Å². The van der Waals surface area contributed by atoms with Crippen LogP contribution in [0.25, 0.3) is 0 Å². The van der Waals surface area contributed by atoms with E-state index in [1.54, 1.807) is 6.07 Å². The molecule has 0 aliphatic heterocycles. The van der Waals surface area contributed by atoms with Crippen molar-refractivity contribution in [3.63, 3.8) is 0 Å². The van der Waals surface area contributed by atoms with Gasteiger partial charge >= 0.3 is 0 Å². The molecule has 1 nitrogen and oxygen atoms in total. The van der Waals surface area contributed by atoms with Crippen LogP contribution in [0, 0.1) is 11.7 Å². The maximum absolute atomic E-state index is 13.1. The first-order chi connectivity index (χ1) is 7.13.